The third kappa shape index (κ3) is 7.55. The molecule has 0 fully saturated rings. The molecular formula is C27H26N2O5S. The predicted molar refractivity (Wildman–Crippen MR) is 138 cm³/mol. The molecule has 0 saturated carbocycles. The first-order valence-electron chi connectivity index (χ1n) is 10.9. The average Bonchev–Trinajstić information content (AvgIpc) is 2.85. The highest BCUT2D eigenvalue weighted by Gasteiger charge is 2.22. The van der Waals surface area contributed by atoms with E-state index >= 15 is 0 Å². The molecule has 1 atom stereocenters. The lowest BCUT2D eigenvalue weighted by Gasteiger charge is -2.16. The molecule has 3 aromatic rings. The van der Waals surface area contributed by atoms with Crippen LogP contribution in [-0.4, -0.2) is 51.1 Å². The van der Waals surface area contributed by atoms with Crippen molar-refractivity contribution in [2.45, 2.75) is 18.9 Å². The van der Waals surface area contributed by atoms with E-state index in [-0.39, 0.29) is 6.42 Å². The van der Waals surface area contributed by atoms with Crippen molar-refractivity contribution in [3.63, 3.8) is 0 Å². The molecule has 0 unspecified atom stereocenters. The Morgan fingerprint density at radius 2 is 1.74 bits per heavy atom. The van der Waals surface area contributed by atoms with Gasteiger partial charge in [0.05, 0.1) is 6.42 Å². The van der Waals surface area contributed by atoms with Gasteiger partial charge in [-0.1, -0.05) is 48.6 Å². The number of nitrogens with zero attached hydrogens (tertiary/aromatic N) is 1. The number of carboxylic acid groups (broad SMARTS) is 2. The van der Waals surface area contributed by atoms with Gasteiger partial charge in [0.15, 0.2) is 0 Å². The Hall–Kier alpha value is -3.91. The van der Waals surface area contributed by atoms with Crippen LogP contribution in [-0.2, 0) is 16.0 Å². The molecule has 0 aliphatic carbocycles. The van der Waals surface area contributed by atoms with Gasteiger partial charge in [0.1, 0.15) is 6.04 Å². The molecule has 8 heteroatoms. The maximum Gasteiger partial charge on any atom is 0.326 e. The molecule has 0 saturated heterocycles. The highest BCUT2D eigenvalue weighted by Crippen LogP contribution is 2.26. The Morgan fingerprint density at radius 1 is 1.00 bits per heavy atom. The van der Waals surface area contributed by atoms with E-state index in [1.807, 2.05) is 54.8 Å². The first kappa shape index (κ1) is 25.7. The van der Waals surface area contributed by atoms with Gasteiger partial charge in [-0.2, -0.15) is 11.8 Å². The van der Waals surface area contributed by atoms with Gasteiger partial charge in [-0.25, -0.2) is 4.79 Å². The minimum atomic E-state index is -1.06. The molecule has 3 rings (SSSR count). The molecule has 0 radical (unpaired) electrons. The molecular weight excluding hydrogens is 464 g/mol. The lowest BCUT2D eigenvalue weighted by Crippen LogP contribution is -2.41. The molecule has 0 bridgehead atoms. The van der Waals surface area contributed by atoms with E-state index in [1.165, 1.54) is 18.0 Å². The fraction of sp³-hybridized carbons (Fsp3) is 0.185. The van der Waals surface area contributed by atoms with Gasteiger partial charge in [0.25, 0.3) is 5.91 Å². The Bertz CT molecular complexity index is 1230. The summed E-state index contributed by atoms with van der Waals surface area (Å²) in [5, 5.41) is 21.1. The molecule has 1 aromatic heterocycles. The Morgan fingerprint density at radius 3 is 2.43 bits per heavy atom. The maximum atomic E-state index is 13.1. The summed E-state index contributed by atoms with van der Waals surface area (Å²) in [6.45, 7) is 0. The average molecular weight is 491 g/mol. The van der Waals surface area contributed by atoms with Gasteiger partial charge >= 0.3 is 11.9 Å². The van der Waals surface area contributed by atoms with Crippen LogP contribution >= 0.6 is 11.8 Å². The summed E-state index contributed by atoms with van der Waals surface area (Å²) < 4.78 is 0. The van der Waals surface area contributed by atoms with E-state index in [0.29, 0.717) is 28.9 Å². The molecule has 0 aliphatic heterocycles. The zero-order valence-electron chi connectivity index (χ0n) is 19.2. The van der Waals surface area contributed by atoms with Crippen molar-refractivity contribution in [1.82, 2.24) is 10.3 Å². The quantitative estimate of drug-likeness (QED) is 0.363. The second kappa shape index (κ2) is 12.5. The first-order chi connectivity index (χ1) is 16.9. The van der Waals surface area contributed by atoms with Crippen molar-refractivity contribution < 1.29 is 24.6 Å². The number of nitrogens with one attached hydrogen (secondary N) is 1. The van der Waals surface area contributed by atoms with E-state index in [4.69, 9.17) is 5.11 Å². The van der Waals surface area contributed by atoms with Gasteiger partial charge in [0.2, 0.25) is 0 Å². The van der Waals surface area contributed by atoms with Crippen LogP contribution in [0.4, 0.5) is 0 Å². The molecule has 35 heavy (non-hydrogen) atoms. The second-order valence-electron chi connectivity index (χ2n) is 7.85. The van der Waals surface area contributed by atoms with E-state index in [0.717, 1.165) is 16.7 Å². The zero-order valence-corrected chi connectivity index (χ0v) is 20.0. The second-order valence-corrected chi connectivity index (χ2v) is 8.83. The fourth-order valence-corrected chi connectivity index (χ4v) is 3.98. The number of carbonyl (C=O) groups is 3. The number of carbonyl (C=O) groups excluding carboxylic acids is 1. The number of hydrogen-bond donors (Lipinski definition) is 3. The number of thioether (sulfide) groups is 1. The standard InChI is InChI=1S/C27H26N2O5S/c1-35-12-11-24(27(33)34)29-26(32)22-10-9-18(14-23(22)21-5-3-2-4-6-21)7-8-19-13-20(15-25(30)31)17-28-16-19/h2-10,13-14,16-17,24H,11-12,15H2,1H3,(H,29,32)(H,30,31)(H,33,34)/t24-/m0/s1. The number of aromatic nitrogens is 1. The Kier molecular flexibility index (Phi) is 9.20. The topological polar surface area (TPSA) is 117 Å². The van der Waals surface area contributed by atoms with Crippen LogP contribution in [0.3, 0.4) is 0 Å². The maximum absolute atomic E-state index is 13.1. The van der Waals surface area contributed by atoms with E-state index < -0.39 is 23.9 Å². The number of benzene rings is 2. The third-order valence-corrected chi connectivity index (χ3v) is 5.87. The zero-order chi connectivity index (χ0) is 25.2. The van der Waals surface area contributed by atoms with Crippen LogP contribution in [0.25, 0.3) is 23.3 Å². The normalized spacial score (nSPS) is 11.8. The van der Waals surface area contributed by atoms with Crippen LogP contribution in [0.2, 0.25) is 0 Å². The summed E-state index contributed by atoms with van der Waals surface area (Å²) in [6, 6.07) is 15.5. The molecule has 0 spiro atoms. The number of pyridine rings is 1. The van der Waals surface area contributed by atoms with Crippen LogP contribution in [0.5, 0.6) is 0 Å². The number of aliphatic carboxylic acids is 2. The van der Waals surface area contributed by atoms with Crippen molar-refractivity contribution in [3.8, 4) is 11.1 Å². The summed E-state index contributed by atoms with van der Waals surface area (Å²) >= 11 is 1.52. The van der Waals surface area contributed by atoms with Crippen molar-refractivity contribution >= 4 is 41.8 Å². The summed E-state index contributed by atoms with van der Waals surface area (Å²) in [5.41, 5.74) is 4.07. The van der Waals surface area contributed by atoms with E-state index in [1.54, 1.807) is 24.4 Å². The Labute approximate surface area is 207 Å². The molecule has 1 heterocycles. The minimum absolute atomic E-state index is 0.106. The van der Waals surface area contributed by atoms with Gasteiger partial charge in [-0.3, -0.25) is 14.6 Å². The summed E-state index contributed by atoms with van der Waals surface area (Å²) in [5.74, 6) is -1.81. The van der Waals surface area contributed by atoms with E-state index in [2.05, 4.69) is 10.3 Å². The van der Waals surface area contributed by atoms with Crippen molar-refractivity contribution in [1.29, 1.82) is 0 Å². The van der Waals surface area contributed by atoms with Gasteiger partial charge in [-0.05, 0) is 64.4 Å². The fourth-order valence-electron chi connectivity index (χ4n) is 3.51. The Balaban J connectivity index is 1.91. The van der Waals surface area contributed by atoms with Crippen LogP contribution in [0.1, 0.15) is 33.5 Å². The monoisotopic (exact) mass is 490 g/mol. The highest BCUT2D eigenvalue weighted by molar-refractivity contribution is 7.98. The molecule has 180 valence electrons. The molecule has 2 aromatic carbocycles. The lowest BCUT2D eigenvalue weighted by atomic mass is 9.96. The lowest BCUT2D eigenvalue weighted by molar-refractivity contribution is -0.139. The van der Waals surface area contributed by atoms with Crippen LogP contribution in [0, 0.1) is 0 Å². The predicted octanol–water partition coefficient (Wildman–Crippen LogP) is 4.48. The van der Waals surface area contributed by atoms with Crippen molar-refractivity contribution in [2.75, 3.05) is 12.0 Å². The highest BCUT2D eigenvalue weighted by atomic mass is 32.2. The van der Waals surface area contributed by atoms with Gasteiger partial charge in [-0.15, -0.1) is 0 Å². The summed E-state index contributed by atoms with van der Waals surface area (Å²) in [7, 11) is 0. The van der Waals surface area contributed by atoms with E-state index in [9.17, 15) is 19.5 Å². The molecule has 7 nitrogen and oxygen atoms in total. The third-order valence-electron chi connectivity index (χ3n) is 5.23. The van der Waals surface area contributed by atoms with Crippen LogP contribution in [0.15, 0.2) is 67.0 Å². The van der Waals surface area contributed by atoms with Crippen molar-refractivity contribution in [2.24, 2.45) is 0 Å². The van der Waals surface area contributed by atoms with Crippen LogP contribution < -0.4 is 5.32 Å². The summed E-state index contributed by atoms with van der Waals surface area (Å²) in [6.07, 6.45) is 8.96. The molecule has 1 amide bonds. The number of carboxylic acids is 2. The largest absolute Gasteiger partial charge is 0.481 e. The number of rotatable bonds is 11. The number of hydrogen-bond acceptors (Lipinski definition) is 5. The SMILES string of the molecule is CSCC[C@H](NC(=O)c1ccc(C=Cc2cncc(CC(=O)O)c2)cc1-c1ccccc1)C(=O)O. The summed E-state index contributed by atoms with van der Waals surface area (Å²) in [4.78, 5) is 39.8. The molecule has 3 N–H and O–H groups in total. The van der Waals surface area contributed by atoms with Gasteiger partial charge < -0.3 is 15.5 Å². The smallest absolute Gasteiger partial charge is 0.326 e. The molecule has 0 aliphatic rings. The first-order valence-corrected chi connectivity index (χ1v) is 12.3. The van der Waals surface area contributed by atoms with Gasteiger partial charge in [0, 0.05) is 18.0 Å². The minimum Gasteiger partial charge on any atom is -0.481 e. The number of amides is 1. The van der Waals surface area contributed by atoms with Crippen molar-refractivity contribution in [3.05, 3.63) is 89.2 Å².